The Kier molecular flexibility index (Phi) is 4.04. The maximum atomic E-state index is 12.7. The maximum absolute atomic E-state index is 12.7. The van der Waals surface area contributed by atoms with Crippen molar-refractivity contribution in [2.45, 2.75) is 13.8 Å². The summed E-state index contributed by atoms with van der Waals surface area (Å²) in [6, 6.07) is 4.09. The zero-order valence-corrected chi connectivity index (χ0v) is 9.21. The first kappa shape index (κ1) is 12.7. The van der Waals surface area contributed by atoms with Crippen molar-refractivity contribution in [3.8, 4) is 5.75 Å². The summed E-state index contributed by atoms with van der Waals surface area (Å²) in [5, 5.41) is 0. The molecule has 0 spiro atoms. The lowest BCUT2D eigenvalue weighted by Gasteiger charge is -2.20. The maximum Gasteiger partial charge on any atom is 0.513 e. The van der Waals surface area contributed by atoms with Crippen LogP contribution in [0.15, 0.2) is 30.4 Å². The molecular formula is C11H13BF3O-. The van der Waals surface area contributed by atoms with Crippen LogP contribution in [0.2, 0.25) is 0 Å². The highest BCUT2D eigenvalue weighted by atomic mass is 19.4. The molecule has 0 fully saturated rings. The van der Waals surface area contributed by atoms with E-state index in [0.717, 1.165) is 6.07 Å². The van der Waals surface area contributed by atoms with E-state index in [4.69, 9.17) is 4.74 Å². The predicted molar refractivity (Wildman–Crippen MR) is 60.2 cm³/mol. The minimum absolute atomic E-state index is 0.101. The molecule has 1 nitrogen and oxygen atoms in total. The number of benzene rings is 1. The summed E-state index contributed by atoms with van der Waals surface area (Å²) in [4.78, 5) is 0. The van der Waals surface area contributed by atoms with Crippen LogP contribution < -0.4 is 10.2 Å². The van der Waals surface area contributed by atoms with Gasteiger partial charge in [-0.05, 0) is 19.9 Å². The molecule has 0 bridgehead atoms. The monoisotopic (exact) mass is 229 g/mol. The molecule has 16 heavy (non-hydrogen) atoms. The number of hydrogen-bond acceptors (Lipinski definition) is 1. The standard InChI is InChI=1S/C11H13BF3O/c1-3-4-7-16-11-6-5-9(2)8-10(11)12(13,14)15/h3-6,8H,7H2,1-2H3/q-1. The number of ether oxygens (including phenoxy) is 1. The average Bonchev–Trinajstić information content (AvgIpc) is 2.19. The van der Waals surface area contributed by atoms with E-state index in [1.807, 2.05) is 0 Å². The Balaban J connectivity index is 2.99. The van der Waals surface area contributed by atoms with Crippen LogP contribution in [-0.2, 0) is 0 Å². The zero-order valence-electron chi connectivity index (χ0n) is 9.21. The molecular weight excluding hydrogens is 216 g/mol. The molecule has 0 aromatic heterocycles. The first-order valence-corrected chi connectivity index (χ1v) is 4.99. The Morgan fingerprint density at radius 1 is 1.31 bits per heavy atom. The van der Waals surface area contributed by atoms with Crippen LogP contribution in [0, 0.1) is 6.92 Å². The van der Waals surface area contributed by atoms with Gasteiger partial charge in [0.25, 0.3) is 0 Å². The van der Waals surface area contributed by atoms with Crippen molar-refractivity contribution in [2.75, 3.05) is 6.61 Å². The van der Waals surface area contributed by atoms with Crippen LogP contribution in [0.4, 0.5) is 12.9 Å². The van der Waals surface area contributed by atoms with Crippen molar-refractivity contribution >= 4 is 12.4 Å². The van der Waals surface area contributed by atoms with Crippen LogP contribution in [0.5, 0.6) is 5.75 Å². The van der Waals surface area contributed by atoms with E-state index in [1.54, 1.807) is 32.1 Å². The molecule has 0 atom stereocenters. The Morgan fingerprint density at radius 3 is 2.56 bits per heavy atom. The zero-order chi connectivity index (χ0) is 12.2. The van der Waals surface area contributed by atoms with E-state index in [-0.39, 0.29) is 12.4 Å². The SMILES string of the molecule is CC=CCOc1ccc(C)cc1[B-](F)(F)F. The lowest BCUT2D eigenvalue weighted by atomic mass is 9.78. The van der Waals surface area contributed by atoms with Gasteiger partial charge in [0.2, 0.25) is 0 Å². The molecule has 0 amide bonds. The Morgan fingerprint density at radius 2 is 2.00 bits per heavy atom. The molecule has 0 saturated heterocycles. The first-order chi connectivity index (χ1) is 7.45. The number of halogens is 3. The molecule has 1 rings (SSSR count). The molecule has 0 aliphatic carbocycles. The molecule has 0 unspecified atom stereocenters. The van der Waals surface area contributed by atoms with Crippen molar-refractivity contribution < 1.29 is 17.7 Å². The van der Waals surface area contributed by atoms with E-state index in [0.29, 0.717) is 5.56 Å². The van der Waals surface area contributed by atoms with Gasteiger partial charge in [0.1, 0.15) is 6.61 Å². The number of hydrogen-bond donors (Lipinski definition) is 0. The smallest absolute Gasteiger partial charge is 0.493 e. The van der Waals surface area contributed by atoms with Gasteiger partial charge in [0.05, 0.1) is 5.75 Å². The third-order valence-electron chi connectivity index (χ3n) is 2.09. The quantitative estimate of drug-likeness (QED) is 0.569. The highest BCUT2D eigenvalue weighted by Gasteiger charge is 2.29. The summed E-state index contributed by atoms with van der Waals surface area (Å²) < 4.78 is 43.2. The fourth-order valence-electron chi connectivity index (χ4n) is 1.29. The van der Waals surface area contributed by atoms with Crippen molar-refractivity contribution in [2.24, 2.45) is 0 Å². The van der Waals surface area contributed by atoms with Gasteiger partial charge in [-0.2, -0.15) is 0 Å². The van der Waals surface area contributed by atoms with Crippen molar-refractivity contribution in [1.82, 2.24) is 0 Å². The number of rotatable bonds is 4. The van der Waals surface area contributed by atoms with E-state index in [2.05, 4.69) is 0 Å². The van der Waals surface area contributed by atoms with Crippen LogP contribution in [0.25, 0.3) is 0 Å². The fraction of sp³-hybridized carbons (Fsp3) is 0.273. The molecule has 0 aliphatic heterocycles. The second-order valence-corrected chi connectivity index (χ2v) is 3.50. The molecule has 1 aromatic rings. The van der Waals surface area contributed by atoms with Crippen LogP contribution in [0.1, 0.15) is 12.5 Å². The summed E-state index contributed by atoms with van der Waals surface area (Å²) in [5.74, 6) is -0.101. The molecule has 88 valence electrons. The summed E-state index contributed by atoms with van der Waals surface area (Å²) in [6.07, 6.45) is 3.39. The fourth-order valence-corrected chi connectivity index (χ4v) is 1.29. The van der Waals surface area contributed by atoms with Crippen LogP contribution in [-0.4, -0.2) is 13.6 Å². The molecule has 0 radical (unpaired) electrons. The van der Waals surface area contributed by atoms with Crippen LogP contribution >= 0.6 is 0 Å². The van der Waals surface area contributed by atoms with Crippen LogP contribution in [0.3, 0.4) is 0 Å². The second-order valence-electron chi connectivity index (χ2n) is 3.50. The first-order valence-electron chi connectivity index (χ1n) is 4.99. The summed E-state index contributed by atoms with van der Waals surface area (Å²) >= 11 is 0. The Bertz CT molecular complexity index is 385. The van der Waals surface area contributed by atoms with Crippen molar-refractivity contribution in [3.05, 3.63) is 35.9 Å². The van der Waals surface area contributed by atoms with E-state index in [9.17, 15) is 12.9 Å². The highest BCUT2D eigenvalue weighted by molar-refractivity contribution is 6.74. The molecule has 0 N–H and O–H groups in total. The number of allylic oxidation sites excluding steroid dienone is 1. The van der Waals surface area contributed by atoms with Gasteiger partial charge in [0.15, 0.2) is 0 Å². The highest BCUT2D eigenvalue weighted by Crippen LogP contribution is 2.18. The average molecular weight is 229 g/mol. The third kappa shape index (κ3) is 3.33. The topological polar surface area (TPSA) is 9.23 Å². The van der Waals surface area contributed by atoms with Gasteiger partial charge in [0, 0.05) is 0 Å². The molecule has 0 aliphatic rings. The summed E-state index contributed by atoms with van der Waals surface area (Å²) in [5.41, 5.74) is -0.0860. The Hall–Kier alpha value is -1.39. The van der Waals surface area contributed by atoms with Gasteiger partial charge in [-0.3, -0.25) is 0 Å². The minimum Gasteiger partial charge on any atom is -0.493 e. The molecule has 0 heterocycles. The van der Waals surface area contributed by atoms with Gasteiger partial charge in [-0.25, -0.2) is 0 Å². The molecule has 5 heteroatoms. The predicted octanol–water partition coefficient (Wildman–Crippen LogP) is 3.00. The van der Waals surface area contributed by atoms with Crippen molar-refractivity contribution in [1.29, 1.82) is 0 Å². The van der Waals surface area contributed by atoms with Gasteiger partial charge < -0.3 is 17.7 Å². The van der Waals surface area contributed by atoms with Crippen molar-refractivity contribution in [3.63, 3.8) is 0 Å². The summed E-state index contributed by atoms with van der Waals surface area (Å²) in [7, 11) is 0. The van der Waals surface area contributed by atoms with E-state index in [1.165, 1.54) is 6.07 Å². The molecule has 0 saturated carbocycles. The number of aryl methyl sites for hydroxylation is 1. The minimum atomic E-state index is -5.03. The Labute approximate surface area is 93.0 Å². The lowest BCUT2D eigenvalue weighted by molar-refractivity contribution is 0.362. The van der Waals surface area contributed by atoms with E-state index < -0.39 is 12.4 Å². The normalized spacial score (nSPS) is 12.1. The third-order valence-corrected chi connectivity index (χ3v) is 2.09. The second kappa shape index (κ2) is 5.10. The van der Waals surface area contributed by atoms with Gasteiger partial charge in [-0.1, -0.05) is 35.3 Å². The van der Waals surface area contributed by atoms with Gasteiger partial charge in [-0.15, -0.1) is 0 Å². The largest absolute Gasteiger partial charge is 0.513 e. The lowest BCUT2D eigenvalue weighted by Crippen LogP contribution is -2.35. The molecule has 1 aromatic carbocycles. The summed E-state index contributed by atoms with van der Waals surface area (Å²) in [6.45, 7) is -1.46. The van der Waals surface area contributed by atoms with Gasteiger partial charge >= 0.3 is 6.98 Å². The van der Waals surface area contributed by atoms with E-state index >= 15 is 0 Å².